The second-order valence-electron chi connectivity index (χ2n) is 4.90. The van der Waals surface area contributed by atoms with Crippen LogP contribution >= 0.6 is 12.0 Å². The maximum Gasteiger partial charge on any atom is 0.137 e. The van der Waals surface area contributed by atoms with Crippen molar-refractivity contribution in [2.75, 3.05) is 17.3 Å². The Hall–Kier alpha value is -2.59. The largest absolute Gasteiger partial charge is 0.421 e. The molecule has 0 saturated carbocycles. The minimum Gasteiger partial charge on any atom is -0.421 e. The smallest absolute Gasteiger partial charge is 0.137 e. The van der Waals surface area contributed by atoms with E-state index in [4.69, 9.17) is 4.18 Å². The molecule has 0 bridgehead atoms. The van der Waals surface area contributed by atoms with Crippen LogP contribution in [0.15, 0.2) is 89.8 Å². The summed E-state index contributed by atoms with van der Waals surface area (Å²) in [6.45, 7) is 0.664. The summed E-state index contributed by atoms with van der Waals surface area (Å²) in [5.41, 5.74) is 2.15. The molecule has 0 unspecified atom stereocenters. The van der Waals surface area contributed by atoms with E-state index in [2.05, 4.69) is 16.7 Å². The van der Waals surface area contributed by atoms with Crippen molar-refractivity contribution in [1.82, 2.24) is 0 Å². The molecule has 0 aromatic heterocycles. The average molecular weight is 322 g/mol. The molecule has 0 aliphatic carbocycles. The first-order valence-electron chi connectivity index (χ1n) is 7.42. The van der Waals surface area contributed by atoms with Crippen molar-refractivity contribution in [2.24, 2.45) is 0 Å². The molecule has 116 valence electrons. The number of para-hydroxylation sites is 2. The average Bonchev–Trinajstić information content (AvgIpc) is 2.62. The zero-order valence-corrected chi connectivity index (χ0v) is 13.4. The second-order valence-corrected chi connectivity index (χ2v) is 5.71. The molecule has 3 aromatic rings. The number of hydrogen-bond acceptors (Lipinski definition) is 4. The van der Waals surface area contributed by atoms with Gasteiger partial charge in [-0.3, -0.25) is 0 Å². The fraction of sp³-hybridized carbons (Fsp3) is 0.0526. The van der Waals surface area contributed by atoms with E-state index in [0.29, 0.717) is 6.67 Å². The normalized spacial score (nSPS) is 10.1. The van der Waals surface area contributed by atoms with Gasteiger partial charge < -0.3 is 14.8 Å². The molecule has 0 heterocycles. The Labute approximate surface area is 140 Å². The predicted molar refractivity (Wildman–Crippen MR) is 97.9 cm³/mol. The highest BCUT2D eigenvalue weighted by atomic mass is 32.2. The third-order valence-corrected chi connectivity index (χ3v) is 3.89. The second kappa shape index (κ2) is 8.15. The fourth-order valence-electron chi connectivity index (χ4n) is 2.03. The summed E-state index contributed by atoms with van der Waals surface area (Å²) < 4.78 is 5.69. The van der Waals surface area contributed by atoms with Crippen molar-refractivity contribution in [3.05, 3.63) is 84.9 Å². The lowest BCUT2D eigenvalue weighted by molar-refractivity contribution is 0.646. The molecule has 0 atom stereocenters. The molecule has 0 aliphatic rings. The Bertz CT molecular complexity index is 720. The molecule has 23 heavy (non-hydrogen) atoms. The van der Waals surface area contributed by atoms with Crippen LogP contribution in [-0.4, -0.2) is 6.67 Å². The van der Waals surface area contributed by atoms with Crippen LogP contribution in [0.4, 0.5) is 11.4 Å². The van der Waals surface area contributed by atoms with E-state index < -0.39 is 0 Å². The summed E-state index contributed by atoms with van der Waals surface area (Å²) >= 11 is 1.36. The van der Waals surface area contributed by atoms with Crippen LogP contribution in [-0.2, 0) is 0 Å². The SMILES string of the molecule is c1ccc(NCNc2cccc(SOc3ccccc3)c2)cc1. The first kappa shape index (κ1) is 15.3. The zero-order chi connectivity index (χ0) is 15.7. The molecule has 0 fully saturated rings. The van der Waals surface area contributed by atoms with Crippen LogP contribution in [0.25, 0.3) is 0 Å². The van der Waals surface area contributed by atoms with E-state index in [0.717, 1.165) is 22.0 Å². The van der Waals surface area contributed by atoms with Crippen molar-refractivity contribution >= 4 is 23.4 Å². The van der Waals surface area contributed by atoms with Gasteiger partial charge in [-0.05, 0) is 42.5 Å². The van der Waals surface area contributed by atoms with Crippen LogP contribution in [0.2, 0.25) is 0 Å². The van der Waals surface area contributed by atoms with E-state index >= 15 is 0 Å². The molecule has 3 nitrogen and oxygen atoms in total. The van der Waals surface area contributed by atoms with Crippen LogP contribution in [0, 0.1) is 0 Å². The highest BCUT2D eigenvalue weighted by Gasteiger charge is 1.99. The summed E-state index contributed by atoms with van der Waals surface area (Å²) in [4.78, 5) is 1.05. The van der Waals surface area contributed by atoms with Gasteiger partial charge in [0.2, 0.25) is 0 Å². The van der Waals surface area contributed by atoms with Gasteiger partial charge >= 0.3 is 0 Å². The van der Waals surface area contributed by atoms with Gasteiger partial charge in [0.15, 0.2) is 0 Å². The first-order valence-corrected chi connectivity index (χ1v) is 8.17. The van der Waals surface area contributed by atoms with Gasteiger partial charge in [0, 0.05) is 16.3 Å². The van der Waals surface area contributed by atoms with Gasteiger partial charge in [-0.25, -0.2) is 0 Å². The van der Waals surface area contributed by atoms with Gasteiger partial charge in [-0.1, -0.05) is 42.5 Å². The molecule has 0 saturated heterocycles. The Morgan fingerprint density at radius 1 is 0.696 bits per heavy atom. The van der Waals surface area contributed by atoms with Crippen molar-refractivity contribution in [1.29, 1.82) is 0 Å². The molecule has 0 amide bonds. The fourth-order valence-corrected chi connectivity index (χ4v) is 2.65. The lowest BCUT2D eigenvalue weighted by Gasteiger charge is -2.10. The van der Waals surface area contributed by atoms with Crippen molar-refractivity contribution in [3.63, 3.8) is 0 Å². The lowest BCUT2D eigenvalue weighted by Crippen LogP contribution is -2.11. The predicted octanol–water partition coefficient (Wildman–Crippen LogP) is 5.25. The van der Waals surface area contributed by atoms with Crippen LogP contribution in [0.3, 0.4) is 0 Å². The Morgan fingerprint density at radius 2 is 1.35 bits per heavy atom. The molecule has 0 aliphatic heterocycles. The minimum atomic E-state index is 0.664. The lowest BCUT2D eigenvalue weighted by atomic mass is 10.3. The molecular formula is C19H18N2OS. The van der Waals surface area contributed by atoms with Crippen molar-refractivity contribution in [3.8, 4) is 5.75 Å². The molecule has 2 N–H and O–H groups in total. The number of anilines is 2. The van der Waals surface area contributed by atoms with E-state index in [1.54, 1.807) is 0 Å². The third kappa shape index (κ3) is 4.97. The van der Waals surface area contributed by atoms with E-state index in [9.17, 15) is 0 Å². The minimum absolute atomic E-state index is 0.664. The van der Waals surface area contributed by atoms with E-state index in [1.807, 2.05) is 78.9 Å². The number of benzene rings is 3. The van der Waals surface area contributed by atoms with Crippen molar-refractivity contribution < 1.29 is 4.18 Å². The Kier molecular flexibility index (Phi) is 5.43. The molecule has 0 spiro atoms. The van der Waals surface area contributed by atoms with E-state index in [1.165, 1.54) is 12.0 Å². The van der Waals surface area contributed by atoms with Gasteiger partial charge in [0.05, 0.1) is 18.7 Å². The summed E-state index contributed by atoms with van der Waals surface area (Å²) in [5.74, 6) is 0.849. The van der Waals surface area contributed by atoms with E-state index in [-0.39, 0.29) is 0 Å². The van der Waals surface area contributed by atoms with Gasteiger partial charge in [-0.2, -0.15) is 0 Å². The topological polar surface area (TPSA) is 33.3 Å². The van der Waals surface area contributed by atoms with Crippen LogP contribution < -0.4 is 14.8 Å². The summed E-state index contributed by atoms with van der Waals surface area (Å²) in [7, 11) is 0. The Balaban J connectivity index is 1.51. The standard InChI is InChI=1S/C19H18N2OS/c1-3-8-16(9-4-1)20-15-21-17-10-7-13-19(14-17)23-22-18-11-5-2-6-12-18/h1-14,20-21H,15H2. The molecular weight excluding hydrogens is 304 g/mol. The highest BCUT2D eigenvalue weighted by Crippen LogP contribution is 2.25. The molecule has 3 rings (SSSR count). The quantitative estimate of drug-likeness (QED) is 0.459. The van der Waals surface area contributed by atoms with Crippen molar-refractivity contribution in [2.45, 2.75) is 4.90 Å². The molecule has 0 radical (unpaired) electrons. The molecule has 3 aromatic carbocycles. The maximum atomic E-state index is 5.69. The third-order valence-electron chi connectivity index (χ3n) is 3.17. The number of rotatable bonds is 7. The van der Waals surface area contributed by atoms with Gasteiger partial charge in [-0.15, -0.1) is 0 Å². The van der Waals surface area contributed by atoms with Crippen LogP contribution in [0.1, 0.15) is 0 Å². The number of hydrogen-bond donors (Lipinski definition) is 2. The zero-order valence-electron chi connectivity index (χ0n) is 12.6. The molecule has 4 heteroatoms. The van der Waals surface area contributed by atoms with Gasteiger partial charge in [0.25, 0.3) is 0 Å². The Morgan fingerprint density at radius 3 is 2.13 bits per heavy atom. The number of nitrogens with one attached hydrogen (secondary N) is 2. The van der Waals surface area contributed by atoms with Crippen LogP contribution in [0.5, 0.6) is 5.75 Å². The monoisotopic (exact) mass is 322 g/mol. The maximum absolute atomic E-state index is 5.69. The first-order chi connectivity index (χ1) is 11.4. The summed E-state index contributed by atoms with van der Waals surface area (Å²) in [6, 6.07) is 28.1. The summed E-state index contributed by atoms with van der Waals surface area (Å²) in [6.07, 6.45) is 0. The van der Waals surface area contributed by atoms with Gasteiger partial charge in [0.1, 0.15) is 5.75 Å². The highest BCUT2D eigenvalue weighted by molar-refractivity contribution is 7.95. The summed E-state index contributed by atoms with van der Waals surface area (Å²) in [5, 5.41) is 6.67.